The Hall–Kier alpha value is -1.07. The van der Waals surface area contributed by atoms with E-state index in [0.717, 1.165) is 31.4 Å². The summed E-state index contributed by atoms with van der Waals surface area (Å²) in [6, 6.07) is 6.69. The number of sulfonamides is 1. The first-order valence-corrected chi connectivity index (χ1v) is 9.82. The van der Waals surface area contributed by atoms with Gasteiger partial charge in [0, 0.05) is 6.54 Å². The van der Waals surface area contributed by atoms with E-state index in [4.69, 9.17) is 4.74 Å². The molecule has 1 aliphatic carbocycles. The number of nitrogens with one attached hydrogen (secondary N) is 1. The van der Waals surface area contributed by atoms with Crippen LogP contribution in [0.4, 0.5) is 0 Å². The number of rotatable bonds is 8. The predicted molar refractivity (Wildman–Crippen MR) is 88.6 cm³/mol. The Balaban J connectivity index is 1.88. The molecule has 0 heterocycles. The highest BCUT2D eigenvalue weighted by Gasteiger charge is 2.18. The van der Waals surface area contributed by atoms with Crippen LogP contribution in [0.3, 0.4) is 0 Å². The largest absolute Gasteiger partial charge is 0.494 e. The molecule has 0 unspecified atom stereocenters. The minimum absolute atomic E-state index is 0.311. The minimum Gasteiger partial charge on any atom is -0.494 e. The fraction of sp³-hybridized carbons (Fsp3) is 0.647. The van der Waals surface area contributed by atoms with E-state index in [0.29, 0.717) is 24.0 Å². The van der Waals surface area contributed by atoms with Crippen LogP contribution in [0, 0.1) is 5.92 Å². The summed E-state index contributed by atoms with van der Waals surface area (Å²) in [5.41, 5.74) is 0. The molecule has 4 nitrogen and oxygen atoms in total. The summed E-state index contributed by atoms with van der Waals surface area (Å²) in [4.78, 5) is 0.311. The Morgan fingerprint density at radius 1 is 1.14 bits per heavy atom. The lowest BCUT2D eigenvalue weighted by atomic mass is 9.90. The zero-order valence-electron chi connectivity index (χ0n) is 13.4. The van der Waals surface area contributed by atoms with Crippen LogP contribution in [0.2, 0.25) is 0 Å². The van der Waals surface area contributed by atoms with E-state index in [2.05, 4.69) is 11.6 Å². The molecule has 1 aromatic carbocycles. The predicted octanol–water partition coefficient (Wildman–Crippen LogP) is 3.72. The Morgan fingerprint density at radius 2 is 1.82 bits per heavy atom. The second-order valence-electron chi connectivity index (χ2n) is 6.03. The van der Waals surface area contributed by atoms with E-state index in [1.165, 1.54) is 19.3 Å². The molecule has 0 bridgehead atoms. The summed E-state index contributed by atoms with van der Waals surface area (Å²) in [5, 5.41) is 0. The van der Waals surface area contributed by atoms with Crippen molar-refractivity contribution in [2.45, 2.75) is 56.8 Å². The maximum atomic E-state index is 12.3. The monoisotopic (exact) mass is 325 g/mol. The highest BCUT2D eigenvalue weighted by molar-refractivity contribution is 7.89. The third-order valence-electron chi connectivity index (χ3n) is 4.19. The molecule has 0 amide bonds. The molecule has 0 aliphatic heterocycles. The first kappa shape index (κ1) is 17.3. The van der Waals surface area contributed by atoms with Gasteiger partial charge in [0.1, 0.15) is 5.75 Å². The summed E-state index contributed by atoms with van der Waals surface area (Å²) in [6.45, 7) is 3.33. The summed E-state index contributed by atoms with van der Waals surface area (Å²) < 4.78 is 32.9. The number of hydrogen-bond donors (Lipinski definition) is 1. The third-order valence-corrected chi connectivity index (χ3v) is 5.63. The van der Waals surface area contributed by atoms with Crippen molar-refractivity contribution in [3.05, 3.63) is 24.3 Å². The smallest absolute Gasteiger partial charge is 0.240 e. The van der Waals surface area contributed by atoms with Gasteiger partial charge in [-0.25, -0.2) is 13.1 Å². The van der Waals surface area contributed by atoms with E-state index in [9.17, 15) is 8.42 Å². The summed E-state index contributed by atoms with van der Waals surface area (Å²) >= 11 is 0. The van der Waals surface area contributed by atoms with Crippen molar-refractivity contribution >= 4 is 10.0 Å². The molecule has 1 fully saturated rings. The van der Waals surface area contributed by atoms with E-state index >= 15 is 0 Å². The van der Waals surface area contributed by atoms with Gasteiger partial charge in [-0.3, -0.25) is 0 Å². The van der Waals surface area contributed by atoms with Gasteiger partial charge < -0.3 is 4.74 Å². The highest BCUT2D eigenvalue weighted by Crippen LogP contribution is 2.23. The lowest BCUT2D eigenvalue weighted by Gasteiger charge is -2.21. The van der Waals surface area contributed by atoms with Gasteiger partial charge in [0.2, 0.25) is 10.0 Å². The summed E-state index contributed by atoms with van der Waals surface area (Å²) in [7, 11) is -3.41. The van der Waals surface area contributed by atoms with Gasteiger partial charge in [0.05, 0.1) is 11.5 Å². The summed E-state index contributed by atoms with van der Waals surface area (Å²) in [5.74, 6) is 1.21. The van der Waals surface area contributed by atoms with Crippen molar-refractivity contribution in [1.29, 1.82) is 0 Å². The van der Waals surface area contributed by atoms with E-state index in [1.807, 2.05) is 0 Å². The Bertz CT molecular complexity index is 534. The van der Waals surface area contributed by atoms with Crippen LogP contribution < -0.4 is 9.46 Å². The fourth-order valence-corrected chi connectivity index (χ4v) is 3.87. The van der Waals surface area contributed by atoms with Crippen LogP contribution >= 0.6 is 0 Å². The zero-order chi connectivity index (χ0) is 15.8. The van der Waals surface area contributed by atoms with Gasteiger partial charge >= 0.3 is 0 Å². The van der Waals surface area contributed by atoms with Gasteiger partial charge in [-0.2, -0.15) is 0 Å². The second-order valence-corrected chi connectivity index (χ2v) is 7.80. The Morgan fingerprint density at radius 3 is 2.45 bits per heavy atom. The minimum atomic E-state index is -3.41. The average molecular weight is 325 g/mol. The maximum absolute atomic E-state index is 12.3. The fourth-order valence-electron chi connectivity index (χ4n) is 2.75. The van der Waals surface area contributed by atoms with Crippen LogP contribution in [-0.2, 0) is 10.0 Å². The van der Waals surface area contributed by atoms with Crippen LogP contribution in [0.5, 0.6) is 5.75 Å². The van der Waals surface area contributed by atoms with Crippen LogP contribution in [-0.4, -0.2) is 21.6 Å². The van der Waals surface area contributed by atoms with E-state index < -0.39 is 10.0 Å². The molecular weight excluding hydrogens is 298 g/mol. The van der Waals surface area contributed by atoms with Crippen molar-refractivity contribution in [1.82, 2.24) is 4.72 Å². The lowest BCUT2D eigenvalue weighted by Crippen LogP contribution is -2.30. The van der Waals surface area contributed by atoms with E-state index in [-0.39, 0.29) is 0 Å². The molecule has 0 aromatic heterocycles. The normalized spacial score (nSPS) is 16.6. The number of ether oxygens (including phenoxy) is 1. The Kier molecular flexibility index (Phi) is 6.70. The molecule has 0 saturated heterocycles. The van der Waals surface area contributed by atoms with Crippen LogP contribution in [0.25, 0.3) is 0 Å². The Labute approximate surface area is 134 Å². The quantitative estimate of drug-likeness (QED) is 0.741. The molecule has 1 aromatic rings. The molecule has 5 heteroatoms. The molecular formula is C17H27NO3S. The summed E-state index contributed by atoms with van der Waals surface area (Å²) in [6.07, 6.45) is 8.06. The first-order chi connectivity index (χ1) is 10.6. The van der Waals surface area contributed by atoms with E-state index in [1.54, 1.807) is 24.3 Å². The standard InChI is InChI=1S/C17H27NO3S/c1-2-3-13-21-16-9-11-17(12-10-16)22(19,20)18-14-15-7-5-4-6-8-15/h9-12,15,18H,2-8,13-14H2,1H3. The molecule has 1 aliphatic rings. The van der Waals surface area contributed by atoms with Gasteiger partial charge in [0.25, 0.3) is 0 Å². The topological polar surface area (TPSA) is 55.4 Å². The van der Waals surface area contributed by atoms with Crippen LogP contribution in [0.15, 0.2) is 29.2 Å². The van der Waals surface area contributed by atoms with Gasteiger partial charge in [-0.05, 0) is 49.4 Å². The molecule has 124 valence electrons. The average Bonchev–Trinajstić information content (AvgIpc) is 2.55. The molecule has 0 spiro atoms. The van der Waals surface area contributed by atoms with Crippen molar-refractivity contribution < 1.29 is 13.2 Å². The SMILES string of the molecule is CCCCOc1ccc(S(=O)(=O)NCC2CCCCC2)cc1. The molecule has 1 saturated carbocycles. The van der Waals surface area contributed by atoms with Crippen molar-refractivity contribution in [3.8, 4) is 5.75 Å². The van der Waals surface area contributed by atoms with Crippen molar-refractivity contribution in [2.75, 3.05) is 13.2 Å². The maximum Gasteiger partial charge on any atom is 0.240 e. The highest BCUT2D eigenvalue weighted by atomic mass is 32.2. The van der Waals surface area contributed by atoms with Gasteiger partial charge in [-0.1, -0.05) is 32.6 Å². The molecule has 2 rings (SSSR count). The molecule has 0 atom stereocenters. The van der Waals surface area contributed by atoms with Gasteiger partial charge in [-0.15, -0.1) is 0 Å². The molecule has 1 N–H and O–H groups in total. The molecule has 0 radical (unpaired) electrons. The number of benzene rings is 1. The number of unbranched alkanes of at least 4 members (excludes halogenated alkanes) is 1. The first-order valence-electron chi connectivity index (χ1n) is 8.34. The zero-order valence-corrected chi connectivity index (χ0v) is 14.2. The van der Waals surface area contributed by atoms with Crippen molar-refractivity contribution in [2.24, 2.45) is 5.92 Å². The second kappa shape index (κ2) is 8.53. The van der Waals surface area contributed by atoms with Crippen LogP contribution in [0.1, 0.15) is 51.9 Å². The van der Waals surface area contributed by atoms with Gasteiger partial charge in [0.15, 0.2) is 0 Å². The molecule has 22 heavy (non-hydrogen) atoms. The van der Waals surface area contributed by atoms with Crippen molar-refractivity contribution in [3.63, 3.8) is 0 Å². The lowest BCUT2D eigenvalue weighted by molar-refractivity contribution is 0.309. The number of hydrogen-bond acceptors (Lipinski definition) is 3. The third kappa shape index (κ3) is 5.29.